The lowest BCUT2D eigenvalue weighted by atomic mass is 9.87. The summed E-state index contributed by atoms with van der Waals surface area (Å²) in [4.78, 5) is 0. The molecule has 1 heteroatoms. The number of hydrogen-bond acceptors (Lipinski definition) is 1. The van der Waals surface area contributed by atoms with E-state index in [1.165, 1.54) is 32.1 Å². The Hall–Kier alpha value is -0.0400. The topological polar surface area (TPSA) is 9.23 Å². The fourth-order valence-electron chi connectivity index (χ4n) is 3.13. The lowest BCUT2D eigenvalue weighted by Crippen LogP contribution is -2.06. The summed E-state index contributed by atoms with van der Waals surface area (Å²) in [6.45, 7) is 14.6. The van der Waals surface area contributed by atoms with Gasteiger partial charge in [-0.3, -0.25) is 0 Å². The molecule has 3 rings (SSSR count). The first-order valence-corrected chi connectivity index (χ1v) is 8.26. The van der Waals surface area contributed by atoms with Crippen LogP contribution in [0.5, 0.6) is 0 Å². The van der Waals surface area contributed by atoms with Crippen LogP contribution in [0.2, 0.25) is 0 Å². The van der Waals surface area contributed by atoms with E-state index in [0.29, 0.717) is 0 Å². The first-order chi connectivity index (χ1) is 8.68. The highest BCUT2D eigenvalue weighted by molar-refractivity contribution is 4.92. The quantitative estimate of drug-likeness (QED) is 0.541. The number of rotatable bonds is 0. The van der Waals surface area contributed by atoms with E-state index in [2.05, 4.69) is 13.8 Å². The third-order valence-corrected chi connectivity index (χ3v) is 4.25. The minimum absolute atomic E-state index is 0.810. The van der Waals surface area contributed by atoms with E-state index >= 15 is 0 Å². The second-order valence-corrected chi connectivity index (χ2v) is 5.93. The van der Waals surface area contributed by atoms with E-state index in [-0.39, 0.29) is 0 Å². The minimum atomic E-state index is 0.810. The Balaban J connectivity index is 0.000000259. The molecule has 1 saturated heterocycles. The Morgan fingerprint density at radius 2 is 1.50 bits per heavy atom. The summed E-state index contributed by atoms with van der Waals surface area (Å²) < 4.78 is 5.06. The monoisotopic (exact) mass is 256 g/mol. The smallest absolute Gasteiger partial charge is 0.0492 e. The zero-order valence-corrected chi connectivity index (χ0v) is 13.7. The van der Waals surface area contributed by atoms with Crippen LogP contribution in [0.25, 0.3) is 0 Å². The summed E-state index contributed by atoms with van der Waals surface area (Å²) in [5.41, 5.74) is 0.810. The fraction of sp³-hybridized carbons (Fsp3) is 1.00. The summed E-state index contributed by atoms with van der Waals surface area (Å²) in [5.74, 6) is 1.96. The summed E-state index contributed by atoms with van der Waals surface area (Å²) >= 11 is 0. The van der Waals surface area contributed by atoms with Gasteiger partial charge in [-0.15, -0.1) is 0 Å². The van der Waals surface area contributed by atoms with Crippen LogP contribution >= 0.6 is 0 Å². The van der Waals surface area contributed by atoms with Gasteiger partial charge < -0.3 is 4.74 Å². The maximum absolute atomic E-state index is 5.06. The molecule has 1 nitrogen and oxygen atoms in total. The highest BCUT2D eigenvalue weighted by Gasteiger charge is 2.40. The molecule has 0 spiro atoms. The molecular weight excluding hydrogens is 220 g/mol. The van der Waals surface area contributed by atoms with Crippen LogP contribution in [0.3, 0.4) is 0 Å². The van der Waals surface area contributed by atoms with Crippen molar-refractivity contribution in [1.29, 1.82) is 0 Å². The predicted octanol–water partition coefficient (Wildman–Crippen LogP) is 5.68. The molecule has 1 aliphatic heterocycles. The van der Waals surface area contributed by atoms with E-state index in [0.717, 1.165) is 30.5 Å². The van der Waals surface area contributed by atoms with Gasteiger partial charge in [0.05, 0.1) is 0 Å². The number of fused-ring (bicyclic) bond motifs is 2. The Labute approximate surface area is 116 Å². The summed E-state index contributed by atoms with van der Waals surface area (Å²) in [5, 5.41) is 0. The molecule has 1 atom stereocenters. The Bertz CT molecular complexity index is 174. The standard InChI is InChI=1S/C8H14.C5H10O.2C2H6/c1-8-4-2-7(6-8)3-5-8;1-5-2-3-6-4-5;2*1-2/h7H,2-6H2,1H3;5H,2-4H2,1H3;2*1-2H3. The van der Waals surface area contributed by atoms with Crippen molar-refractivity contribution in [3.8, 4) is 0 Å². The molecule has 2 aliphatic carbocycles. The Kier molecular flexibility index (Phi) is 9.81. The summed E-state index contributed by atoms with van der Waals surface area (Å²) in [6, 6.07) is 0. The molecule has 1 unspecified atom stereocenters. The van der Waals surface area contributed by atoms with E-state index < -0.39 is 0 Å². The summed E-state index contributed by atoms with van der Waals surface area (Å²) in [7, 11) is 0. The van der Waals surface area contributed by atoms with Crippen molar-refractivity contribution in [2.24, 2.45) is 17.3 Å². The molecule has 18 heavy (non-hydrogen) atoms. The normalized spacial score (nSPS) is 35.7. The zero-order valence-electron chi connectivity index (χ0n) is 13.7. The van der Waals surface area contributed by atoms with E-state index in [1.807, 2.05) is 27.7 Å². The lowest BCUT2D eigenvalue weighted by Gasteiger charge is -2.18. The van der Waals surface area contributed by atoms with Gasteiger partial charge in [-0.25, -0.2) is 0 Å². The highest BCUT2D eigenvalue weighted by atomic mass is 16.5. The van der Waals surface area contributed by atoms with Gasteiger partial charge in [0, 0.05) is 13.2 Å². The third-order valence-electron chi connectivity index (χ3n) is 4.25. The molecular formula is C17H36O. The SMILES string of the molecule is CC.CC.CC12CCC(CC1)C2.CC1CCOC1. The van der Waals surface area contributed by atoms with Crippen LogP contribution in [0, 0.1) is 17.3 Å². The Morgan fingerprint density at radius 3 is 1.61 bits per heavy atom. The van der Waals surface area contributed by atoms with Crippen LogP contribution in [0.4, 0.5) is 0 Å². The molecule has 2 bridgehead atoms. The fourth-order valence-corrected chi connectivity index (χ4v) is 3.13. The first kappa shape index (κ1) is 18.0. The lowest BCUT2D eigenvalue weighted by molar-refractivity contribution is 0.188. The second-order valence-electron chi connectivity index (χ2n) is 5.93. The average Bonchev–Trinajstić information content (AvgIpc) is 3.11. The molecule has 0 aromatic carbocycles. The minimum Gasteiger partial charge on any atom is -0.381 e. The van der Waals surface area contributed by atoms with Crippen molar-refractivity contribution in [2.45, 2.75) is 80.1 Å². The van der Waals surface area contributed by atoms with Crippen molar-refractivity contribution in [2.75, 3.05) is 13.2 Å². The predicted molar refractivity (Wildman–Crippen MR) is 82.0 cm³/mol. The van der Waals surface area contributed by atoms with Crippen LogP contribution in [-0.4, -0.2) is 13.2 Å². The molecule has 0 radical (unpaired) electrons. The molecule has 110 valence electrons. The van der Waals surface area contributed by atoms with Crippen molar-refractivity contribution >= 4 is 0 Å². The van der Waals surface area contributed by atoms with Gasteiger partial charge in [-0.1, -0.05) is 41.5 Å². The van der Waals surface area contributed by atoms with Crippen molar-refractivity contribution < 1.29 is 4.74 Å². The van der Waals surface area contributed by atoms with Gasteiger partial charge in [0.1, 0.15) is 0 Å². The van der Waals surface area contributed by atoms with Gasteiger partial charge in [0.15, 0.2) is 0 Å². The van der Waals surface area contributed by atoms with Crippen LogP contribution in [0.1, 0.15) is 80.1 Å². The van der Waals surface area contributed by atoms with Gasteiger partial charge >= 0.3 is 0 Å². The zero-order chi connectivity index (χ0) is 14.0. The average molecular weight is 256 g/mol. The molecule has 0 aromatic heterocycles. The van der Waals surface area contributed by atoms with Gasteiger partial charge in [-0.2, -0.15) is 0 Å². The van der Waals surface area contributed by atoms with Gasteiger partial charge in [-0.05, 0) is 55.8 Å². The van der Waals surface area contributed by atoms with Gasteiger partial charge in [0.2, 0.25) is 0 Å². The second kappa shape index (κ2) is 9.83. The van der Waals surface area contributed by atoms with Crippen molar-refractivity contribution in [3.05, 3.63) is 0 Å². The molecule has 3 aliphatic rings. The molecule has 0 amide bonds. The van der Waals surface area contributed by atoms with E-state index in [1.54, 1.807) is 6.42 Å². The largest absolute Gasteiger partial charge is 0.381 e. The molecule has 3 fully saturated rings. The highest BCUT2D eigenvalue weighted by Crippen LogP contribution is 2.53. The van der Waals surface area contributed by atoms with Crippen LogP contribution < -0.4 is 0 Å². The third kappa shape index (κ3) is 6.22. The molecule has 0 N–H and O–H groups in total. The Morgan fingerprint density at radius 1 is 0.944 bits per heavy atom. The molecule has 2 saturated carbocycles. The van der Waals surface area contributed by atoms with Gasteiger partial charge in [0.25, 0.3) is 0 Å². The van der Waals surface area contributed by atoms with E-state index in [4.69, 9.17) is 4.74 Å². The first-order valence-electron chi connectivity index (χ1n) is 8.26. The summed E-state index contributed by atoms with van der Waals surface area (Å²) in [6.07, 6.45) is 8.94. The molecule has 1 heterocycles. The maximum Gasteiger partial charge on any atom is 0.0492 e. The number of ether oxygens (including phenoxy) is 1. The molecule has 0 aromatic rings. The van der Waals surface area contributed by atoms with E-state index in [9.17, 15) is 0 Å². The van der Waals surface area contributed by atoms with Crippen molar-refractivity contribution in [3.63, 3.8) is 0 Å². The van der Waals surface area contributed by atoms with Crippen molar-refractivity contribution in [1.82, 2.24) is 0 Å². The maximum atomic E-state index is 5.06. The number of hydrogen-bond donors (Lipinski definition) is 0. The van der Waals surface area contributed by atoms with Crippen LogP contribution in [-0.2, 0) is 4.74 Å². The van der Waals surface area contributed by atoms with Crippen LogP contribution in [0.15, 0.2) is 0 Å².